The minimum atomic E-state index is 0.583. The number of fused-ring (bicyclic) bond motifs is 1. The average Bonchev–Trinajstić information content (AvgIpc) is 3.15. The van der Waals surface area contributed by atoms with E-state index in [1.54, 1.807) is 0 Å². The van der Waals surface area contributed by atoms with Gasteiger partial charge in [-0.3, -0.25) is 4.98 Å². The third-order valence-corrected chi connectivity index (χ3v) is 5.86. The van der Waals surface area contributed by atoms with Gasteiger partial charge >= 0.3 is 0 Å². The first-order chi connectivity index (χ1) is 14.6. The van der Waals surface area contributed by atoms with Gasteiger partial charge in [0.15, 0.2) is 11.5 Å². The fourth-order valence-electron chi connectivity index (χ4n) is 3.89. The number of aryl methyl sites for hydroxylation is 2. The van der Waals surface area contributed by atoms with Crippen molar-refractivity contribution in [2.75, 3.05) is 61.1 Å². The molecule has 2 saturated heterocycles. The lowest BCUT2D eigenvalue weighted by atomic mass is 10.2. The number of pyridine rings is 1. The van der Waals surface area contributed by atoms with Crippen molar-refractivity contribution in [1.29, 1.82) is 0 Å². The molecule has 0 aromatic carbocycles. The first-order valence-corrected chi connectivity index (χ1v) is 10.6. The Balaban J connectivity index is 1.44. The Kier molecular flexibility index (Phi) is 4.90. The highest BCUT2D eigenvalue weighted by molar-refractivity contribution is 5.63. The highest BCUT2D eigenvalue weighted by Gasteiger charge is 2.21. The number of rotatable bonds is 5. The second-order valence-corrected chi connectivity index (χ2v) is 8.09. The lowest BCUT2D eigenvalue weighted by molar-refractivity contribution is 0.122. The van der Waals surface area contributed by atoms with E-state index in [4.69, 9.17) is 19.8 Å². The van der Waals surface area contributed by atoms with Crippen molar-refractivity contribution < 1.29 is 4.74 Å². The van der Waals surface area contributed by atoms with E-state index in [1.807, 2.05) is 24.6 Å². The second kappa shape index (κ2) is 7.71. The third-order valence-electron chi connectivity index (χ3n) is 5.86. The second-order valence-electron chi connectivity index (χ2n) is 8.09. The first-order valence-electron chi connectivity index (χ1n) is 10.6. The van der Waals surface area contributed by atoms with E-state index < -0.39 is 0 Å². The van der Waals surface area contributed by atoms with E-state index in [9.17, 15) is 0 Å². The van der Waals surface area contributed by atoms with Crippen molar-refractivity contribution in [2.24, 2.45) is 0 Å². The zero-order chi connectivity index (χ0) is 20.7. The van der Waals surface area contributed by atoms with Crippen molar-refractivity contribution in [3.05, 3.63) is 35.5 Å². The Morgan fingerprint density at radius 1 is 1.03 bits per heavy atom. The number of ether oxygens (including phenoxy) is 1. The van der Waals surface area contributed by atoms with Crippen LogP contribution in [-0.2, 0) is 11.3 Å². The van der Waals surface area contributed by atoms with Crippen LogP contribution >= 0.6 is 0 Å². The van der Waals surface area contributed by atoms with Crippen LogP contribution in [0.5, 0.6) is 0 Å². The van der Waals surface area contributed by atoms with Crippen LogP contribution in [0, 0.1) is 13.8 Å². The molecule has 9 heteroatoms. The molecule has 3 aromatic heterocycles. The van der Waals surface area contributed by atoms with Crippen LogP contribution in [0.25, 0.3) is 5.65 Å². The van der Waals surface area contributed by atoms with E-state index >= 15 is 0 Å². The predicted molar refractivity (Wildman–Crippen MR) is 116 cm³/mol. The standard InChI is InChI=1S/C21H28N8O/c1-15-13-22-16(2)21-23-18(25-29(15)21)14-26(3)19-11-17(27-7-9-30-10-8-27)12-20(24-19)28-5-4-6-28/h11-13H,4-10,14H2,1-3H3. The van der Waals surface area contributed by atoms with Crippen LogP contribution in [0.3, 0.4) is 0 Å². The molecule has 0 N–H and O–H groups in total. The molecule has 2 aliphatic rings. The molecule has 3 aromatic rings. The lowest BCUT2D eigenvalue weighted by Gasteiger charge is -2.35. The lowest BCUT2D eigenvalue weighted by Crippen LogP contribution is -2.39. The van der Waals surface area contributed by atoms with Gasteiger partial charge in [-0.2, -0.15) is 0 Å². The molecule has 0 atom stereocenters. The van der Waals surface area contributed by atoms with Crippen LogP contribution in [0.1, 0.15) is 23.6 Å². The maximum atomic E-state index is 5.53. The summed E-state index contributed by atoms with van der Waals surface area (Å²) in [5.41, 5.74) is 3.88. The van der Waals surface area contributed by atoms with Crippen molar-refractivity contribution in [2.45, 2.75) is 26.8 Å². The summed E-state index contributed by atoms with van der Waals surface area (Å²) in [6.07, 6.45) is 3.06. The summed E-state index contributed by atoms with van der Waals surface area (Å²) in [5.74, 6) is 2.75. The fraction of sp³-hybridized carbons (Fsp3) is 0.524. The van der Waals surface area contributed by atoms with E-state index in [2.05, 4.69) is 38.9 Å². The molecule has 2 fully saturated rings. The van der Waals surface area contributed by atoms with Gasteiger partial charge in [-0.15, -0.1) is 5.10 Å². The summed E-state index contributed by atoms with van der Waals surface area (Å²) in [6, 6.07) is 4.38. The van der Waals surface area contributed by atoms with Crippen LogP contribution in [0.4, 0.5) is 17.3 Å². The van der Waals surface area contributed by atoms with Crippen molar-refractivity contribution in [3.8, 4) is 0 Å². The molecule has 9 nitrogen and oxygen atoms in total. The zero-order valence-corrected chi connectivity index (χ0v) is 17.9. The van der Waals surface area contributed by atoms with Gasteiger partial charge in [-0.05, 0) is 20.3 Å². The van der Waals surface area contributed by atoms with E-state index in [0.29, 0.717) is 6.54 Å². The Labute approximate surface area is 176 Å². The molecule has 0 amide bonds. The summed E-state index contributed by atoms with van der Waals surface area (Å²) in [6.45, 7) is 10.0. The number of hydrogen-bond donors (Lipinski definition) is 0. The molecule has 0 bridgehead atoms. The van der Waals surface area contributed by atoms with Crippen LogP contribution in [0.15, 0.2) is 18.3 Å². The van der Waals surface area contributed by atoms with Crippen molar-refractivity contribution >= 4 is 23.0 Å². The summed E-state index contributed by atoms with van der Waals surface area (Å²) in [7, 11) is 2.05. The van der Waals surface area contributed by atoms with Gasteiger partial charge < -0.3 is 19.4 Å². The molecule has 5 heterocycles. The van der Waals surface area contributed by atoms with Gasteiger partial charge in [0, 0.05) is 57.2 Å². The summed E-state index contributed by atoms with van der Waals surface area (Å²) in [4.78, 5) is 20.9. The number of morpholine rings is 1. The monoisotopic (exact) mass is 408 g/mol. The minimum absolute atomic E-state index is 0.583. The number of hydrogen-bond acceptors (Lipinski definition) is 8. The van der Waals surface area contributed by atoms with Crippen LogP contribution in [0.2, 0.25) is 0 Å². The zero-order valence-electron chi connectivity index (χ0n) is 17.9. The molecule has 0 spiro atoms. The molecular weight excluding hydrogens is 380 g/mol. The van der Waals surface area contributed by atoms with E-state index in [1.165, 1.54) is 12.1 Å². The maximum absolute atomic E-state index is 5.53. The molecule has 0 saturated carbocycles. The van der Waals surface area contributed by atoms with Gasteiger partial charge in [0.25, 0.3) is 0 Å². The van der Waals surface area contributed by atoms with Crippen molar-refractivity contribution in [3.63, 3.8) is 0 Å². The average molecular weight is 409 g/mol. The molecule has 0 radical (unpaired) electrons. The quantitative estimate of drug-likeness (QED) is 0.633. The minimum Gasteiger partial charge on any atom is -0.378 e. The van der Waals surface area contributed by atoms with Gasteiger partial charge in [0.05, 0.1) is 31.1 Å². The molecule has 5 rings (SSSR count). The predicted octanol–water partition coefficient (Wildman–Crippen LogP) is 1.82. The van der Waals surface area contributed by atoms with Crippen LogP contribution in [-0.4, -0.2) is 71.0 Å². The Hall–Kier alpha value is -2.94. The number of anilines is 3. The highest BCUT2D eigenvalue weighted by atomic mass is 16.5. The molecule has 0 unspecified atom stereocenters. The third kappa shape index (κ3) is 3.54. The SMILES string of the molecule is Cc1ncc(C)n2nc(CN(C)c3cc(N4CCOCC4)cc(N4CCC4)n3)nc12. The Morgan fingerprint density at radius 3 is 2.53 bits per heavy atom. The van der Waals surface area contributed by atoms with E-state index in [0.717, 1.165) is 73.9 Å². The summed E-state index contributed by atoms with van der Waals surface area (Å²) in [5, 5.41) is 4.69. The van der Waals surface area contributed by atoms with Crippen LogP contribution < -0.4 is 14.7 Å². The molecule has 30 heavy (non-hydrogen) atoms. The molecular formula is C21H28N8O. The summed E-state index contributed by atoms with van der Waals surface area (Å²) < 4.78 is 7.40. The normalized spacial score (nSPS) is 16.8. The summed E-state index contributed by atoms with van der Waals surface area (Å²) >= 11 is 0. The number of nitrogens with zero attached hydrogens (tertiary/aromatic N) is 8. The molecule has 158 valence electrons. The van der Waals surface area contributed by atoms with Gasteiger partial charge in [0.1, 0.15) is 11.6 Å². The topological polar surface area (TPSA) is 74.9 Å². The van der Waals surface area contributed by atoms with Gasteiger partial charge in [-0.1, -0.05) is 0 Å². The number of aromatic nitrogens is 5. The van der Waals surface area contributed by atoms with E-state index in [-0.39, 0.29) is 0 Å². The smallest absolute Gasteiger partial charge is 0.177 e. The largest absolute Gasteiger partial charge is 0.378 e. The molecule has 2 aliphatic heterocycles. The Bertz CT molecular complexity index is 1020. The Morgan fingerprint density at radius 2 is 1.83 bits per heavy atom. The maximum Gasteiger partial charge on any atom is 0.177 e. The van der Waals surface area contributed by atoms with Crippen molar-refractivity contribution in [1.82, 2.24) is 24.6 Å². The highest BCUT2D eigenvalue weighted by Crippen LogP contribution is 2.29. The fourth-order valence-corrected chi connectivity index (χ4v) is 3.89. The van der Waals surface area contributed by atoms with Gasteiger partial charge in [-0.25, -0.2) is 14.5 Å². The molecule has 0 aliphatic carbocycles. The first kappa shape index (κ1) is 19.0. The van der Waals surface area contributed by atoms with Gasteiger partial charge in [0.2, 0.25) is 0 Å².